The first-order valence-electron chi connectivity index (χ1n) is 12.7. The van der Waals surface area contributed by atoms with Crippen LogP contribution >= 0.6 is 11.6 Å². The molecule has 3 aromatic rings. The molecule has 0 bridgehead atoms. The van der Waals surface area contributed by atoms with E-state index in [1.54, 1.807) is 53.1 Å². The molecule has 2 fully saturated rings. The van der Waals surface area contributed by atoms with Crippen LogP contribution in [0.4, 0.5) is 0 Å². The van der Waals surface area contributed by atoms with Crippen molar-refractivity contribution in [1.29, 1.82) is 0 Å². The Hall–Kier alpha value is -2.71. The van der Waals surface area contributed by atoms with Gasteiger partial charge in [-0.2, -0.15) is 0 Å². The molecule has 0 radical (unpaired) electrons. The number of nitrogens with zero attached hydrogens (tertiary/aromatic N) is 3. The van der Waals surface area contributed by atoms with E-state index in [0.29, 0.717) is 39.6 Å². The number of halogens is 1. The molecule has 0 saturated carbocycles. The van der Waals surface area contributed by atoms with Gasteiger partial charge in [0.2, 0.25) is 0 Å². The molecular weight excluding hydrogens is 478 g/mol. The quantitative estimate of drug-likeness (QED) is 0.512. The van der Waals surface area contributed by atoms with Crippen molar-refractivity contribution >= 4 is 28.3 Å². The average Bonchev–Trinajstić information content (AvgIpc) is 2.89. The fourth-order valence-electron chi connectivity index (χ4n) is 5.51. The molecular formula is C28H32ClN3O4. The lowest BCUT2D eigenvalue weighted by atomic mass is 9.93. The number of aromatic nitrogens is 1. The van der Waals surface area contributed by atoms with Crippen molar-refractivity contribution < 1.29 is 14.6 Å². The fraction of sp³-hybridized carbons (Fsp3) is 0.429. The first-order valence-corrected chi connectivity index (χ1v) is 13.1. The zero-order chi connectivity index (χ0) is 25.1. The van der Waals surface area contributed by atoms with Crippen molar-refractivity contribution in [2.24, 2.45) is 5.92 Å². The summed E-state index contributed by atoms with van der Waals surface area (Å²) in [6, 6.07) is 14.0. The fourth-order valence-corrected chi connectivity index (χ4v) is 5.69. The summed E-state index contributed by atoms with van der Waals surface area (Å²) in [6.07, 6.45) is 3.32. The summed E-state index contributed by atoms with van der Waals surface area (Å²) in [5, 5.41) is 11.6. The van der Waals surface area contributed by atoms with Crippen molar-refractivity contribution in [3.8, 4) is 5.69 Å². The molecule has 190 valence electrons. The first kappa shape index (κ1) is 25.0. The van der Waals surface area contributed by atoms with Crippen LogP contribution in [0, 0.1) is 5.92 Å². The molecule has 2 aromatic carbocycles. The van der Waals surface area contributed by atoms with Crippen LogP contribution in [0.3, 0.4) is 0 Å². The monoisotopic (exact) mass is 509 g/mol. The van der Waals surface area contributed by atoms with Crippen molar-refractivity contribution in [2.75, 3.05) is 45.9 Å². The average molecular weight is 510 g/mol. The van der Waals surface area contributed by atoms with Crippen molar-refractivity contribution in [1.82, 2.24) is 14.4 Å². The number of hydrogen-bond acceptors (Lipinski definition) is 5. The Labute approximate surface area is 215 Å². The molecule has 2 saturated heterocycles. The number of aromatic carboxylic acids is 1. The number of benzene rings is 2. The SMILES string of the molecule is O=C(O)c1c(CN2CCC(CCN3CCOCC3)CC2)n(-c2cccc(Cl)c2)c(=O)c2ccccc12. The Morgan fingerprint density at radius 1 is 0.972 bits per heavy atom. The van der Waals surface area contributed by atoms with E-state index in [9.17, 15) is 14.7 Å². The van der Waals surface area contributed by atoms with E-state index in [1.165, 1.54) is 6.42 Å². The molecule has 0 unspecified atom stereocenters. The maximum atomic E-state index is 13.7. The predicted octanol–water partition coefficient (Wildman–Crippen LogP) is 4.28. The highest BCUT2D eigenvalue weighted by atomic mass is 35.5. The molecule has 3 heterocycles. The van der Waals surface area contributed by atoms with Crippen LogP contribution in [0.5, 0.6) is 0 Å². The van der Waals surface area contributed by atoms with E-state index < -0.39 is 5.97 Å². The second-order valence-electron chi connectivity index (χ2n) is 9.76. The maximum absolute atomic E-state index is 13.7. The maximum Gasteiger partial charge on any atom is 0.338 e. The van der Waals surface area contributed by atoms with Crippen molar-refractivity contribution in [3.63, 3.8) is 0 Å². The van der Waals surface area contributed by atoms with Crippen LogP contribution < -0.4 is 5.56 Å². The number of rotatable bonds is 7. The van der Waals surface area contributed by atoms with Gasteiger partial charge in [-0.05, 0) is 69.1 Å². The lowest BCUT2D eigenvalue weighted by Crippen LogP contribution is -2.39. The minimum absolute atomic E-state index is 0.180. The number of morpholine rings is 1. The summed E-state index contributed by atoms with van der Waals surface area (Å²) in [4.78, 5) is 31.0. The Balaban J connectivity index is 1.42. The lowest BCUT2D eigenvalue weighted by Gasteiger charge is -2.34. The van der Waals surface area contributed by atoms with Gasteiger partial charge in [-0.15, -0.1) is 0 Å². The molecule has 5 rings (SSSR count). The zero-order valence-electron chi connectivity index (χ0n) is 20.4. The van der Waals surface area contributed by atoms with Gasteiger partial charge in [0.25, 0.3) is 5.56 Å². The highest BCUT2D eigenvalue weighted by Crippen LogP contribution is 2.27. The molecule has 7 nitrogen and oxygen atoms in total. The molecule has 0 atom stereocenters. The molecule has 0 spiro atoms. The molecule has 36 heavy (non-hydrogen) atoms. The number of carbonyl (C=O) groups is 1. The molecule has 0 aliphatic carbocycles. The highest BCUT2D eigenvalue weighted by molar-refractivity contribution is 6.30. The summed E-state index contributed by atoms with van der Waals surface area (Å²) in [5.74, 6) is -0.368. The highest BCUT2D eigenvalue weighted by Gasteiger charge is 2.26. The minimum atomic E-state index is -1.03. The molecule has 1 aromatic heterocycles. The van der Waals surface area contributed by atoms with Gasteiger partial charge in [-0.3, -0.25) is 19.2 Å². The number of hydrogen-bond donors (Lipinski definition) is 1. The van der Waals surface area contributed by atoms with Crippen LogP contribution in [0.1, 0.15) is 35.3 Å². The predicted molar refractivity (Wildman–Crippen MR) is 141 cm³/mol. The Kier molecular flexibility index (Phi) is 7.72. The van der Waals surface area contributed by atoms with Crippen LogP contribution in [-0.2, 0) is 11.3 Å². The smallest absolute Gasteiger partial charge is 0.338 e. The summed E-state index contributed by atoms with van der Waals surface area (Å²) >= 11 is 6.26. The standard InChI is InChI=1S/C28H32ClN3O4/c29-21-4-3-5-22(18-21)32-25(26(28(34)35)23-6-1-2-7-24(23)27(32)33)19-31-12-9-20(10-13-31)8-11-30-14-16-36-17-15-30/h1-7,18,20H,8-17,19H2,(H,34,35). The van der Waals surface area contributed by atoms with Crippen LogP contribution in [0.2, 0.25) is 5.02 Å². The zero-order valence-corrected chi connectivity index (χ0v) is 21.1. The molecule has 1 N–H and O–H groups in total. The summed E-state index contributed by atoms with van der Waals surface area (Å²) in [6.45, 7) is 6.93. The van der Waals surface area contributed by atoms with Crippen LogP contribution in [0.15, 0.2) is 53.3 Å². The topological polar surface area (TPSA) is 75.0 Å². The number of carboxylic acids is 1. The van der Waals surface area contributed by atoms with Crippen molar-refractivity contribution in [2.45, 2.75) is 25.8 Å². The second kappa shape index (κ2) is 11.1. The van der Waals surface area contributed by atoms with Gasteiger partial charge in [-0.25, -0.2) is 4.79 Å². The van der Waals surface area contributed by atoms with Gasteiger partial charge < -0.3 is 9.84 Å². The Morgan fingerprint density at radius 2 is 1.69 bits per heavy atom. The molecule has 2 aliphatic rings. The number of pyridine rings is 1. The number of ether oxygens (including phenoxy) is 1. The van der Waals surface area contributed by atoms with Gasteiger partial charge in [0.15, 0.2) is 0 Å². The summed E-state index contributed by atoms with van der Waals surface area (Å²) < 4.78 is 6.99. The minimum Gasteiger partial charge on any atom is -0.478 e. The van der Waals surface area contributed by atoms with E-state index in [0.717, 1.165) is 58.8 Å². The van der Waals surface area contributed by atoms with Crippen LogP contribution in [-0.4, -0.2) is 71.4 Å². The third-order valence-electron chi connectivity index (χ3n) is 7.51. The van der Waals surface area contributed by atoms with Gasteiger partial charge in [-0.1, -0.05) is 35.9 Å². The number of piperidine rings is 1. The van der Waals surface area contributed by atoms with Crippen LogP contribution in [0.25, 0.3) is 16.5 Å². The van der Waals surface area contributed by atoms with E-state index in [1.807, 2.05) is 0 Å². The van der Waals surface area contributed by atoms with Gasteiger partial charge in [0.1, 0.15) is 0 Å². The Bertz CT molecular complexity index is 1290. The van der Waals surface area contributed by atoms with Gasteiger partial charge >= 0.3 is 5.97 Å². The third-order valence-corrected chi connectivity index (χ3v) is 7.74. The van der Waals surface area contributed by atoms with E-state index in [2.05, 4.69) is 9.80 Å². The van der Waals surface area contributed by atoms with E-state index >= 15 is 0 Å². The normalized spacial score (nSPS) is 18.0. The first-order chi connectivity index (χ1) is 17.5. The molecule has 0 amide bonds. The Morgan fingerprint density at radius 3 is 2.39 bits per heavy atom. The van der Waals surface area contributed by atoms with Gasteiger partial charge in [0, 0.05) is 35.4 Å². The number of fused-ring (bicyclic) bond motifs is 1. The number of carboxylic acid groups (broad SMARTS) is 1. The van der Waals surface area contributed by atoms with E-state index in [4.69, 9.17) is 16.3 Å². The summed E-state index contributed by atoms with van der Waals surface area (Å²) in [5.41, 5.74) is 1.03. The third kappa shape index (κ3) is 5.34. The number of likely N-dealkylation sites (tertiary alicyclic amines) is 1. The van der Waals surface area contributed by atoms with Crippen molar-refractivity contribution in [3.05, 3.63) is 75.2 Å². The largest absolute Gasteiger partial charge is 0.478 e. The summed E-state index contributed by atoms with van der Waals surface area (Å²) in [7, 11) is 0. The second-order valence-corrected chi connectivity index (χ2v) is 10.2. The molecule has 8 heteroatoms. The lowest BCUT2D eigenvalue weighted by molar-refractivity contribution is 0.0334. The van der Waals surface area contributed by atoms with Gasteiger partial charge in [0.05, 0.1) is 30.2 Å². The van der Waals surface area contributed by atoms with E-state index in [-0.39, 0.29) is 11.1 Å². The molecule has 2 aliphatic heterocycles.